The molecule has 0 unspecified atom stereocenters. The summed E-state index contributed by atoms with van der Waals surface area (Å²) in [5.41, 5.74) is 2.52. The fourth-order valence-electron chi connectivity index (χ4n) is 3.05. The van der Waals surface area contributed by atoms with E-state index in [2.05, 4.69) is 39.5 Å². The minimum Gasteiger partial charge on any atom is -0.507 e. The topological polar surface area (TPSA) is 94.8 Å². The van der Waals surface area contributed by atoms with E-state index >= 15 is 0 Å². The van der Waals surface area contributed by atoms with E-state index in [9.17, 15) is 9.90 Å². The van der Waals surface area contributed by atoms with Crippen LogP contribution in [0.15, 0.2) is 35.5 Å². The van der Waals surface area contributed by atoms with E-state index < -0.39 is 0 Å². The number of carbonyl (C=O) groups excluding carboxylic acids is 1. The van der Waals surface area contributed by atoms with Crippen LogP contribution < -0.4 is 10.6 Å². The van der Waals surface area contributed by atoms with Gasteiger partial charge in [-0.15, -0.1) is 0 Å². The summed E-state index contributed by atoms with van der Waals surface area (Å²) < 4.78 is 1.84. The number of guanidine groups is 1. The highest BCUT2D eigenvalue weighted by Crippen LogP contribution is 2.18. The predicted octanol–water partition coefficient (Wildman–Crippen LogP) is 2.08. The van der Waals surface area contributed by atoms with Gasteiger partial charge in [-0.1, -0.05) is 26.0 Å². The Bertz CT molecular complexity index is 843. The summed E-state index contributed by atoms with van der Waals surface area (Å²) in [6.07, 6.45) is 2.04. The van der Waals surface area contributed by atoms with Crippen molar-refractivity contribution in [2.24, 2.45) is 12.0 Å². The second kappa shape index (κ2) is 10.5. The molecular weight excluding hydrogens is 368 g/mol. The molecule has 0 fully saturated rings. The van der Waals surface area contributed by atoms with Gasteiger partial charge in [0, 0.05) is 45.5 Å². The minimum absolute atomic E-state index is 0.0287. The first-order valence-electron chi connectivity index (χ1n) is 9.91. The van der Waals surface area contributed by atoms with Crippen molar-refractivity contribution in [3.8, 4) is 5.75 Å². The summed E-state index contributed by atoms with van der Waals surface area (Å²) in [4.78, 5) is 18.8. The van der Waals surface area contributed by atoms with Gasteiger partial charge in [0.25, 0.3) is 5.91 Å². The molecule has 0 bridgehead atoms. The Morgan fingerprint density at radius 2 is 2.03 bits per heavy atom. The van der Waals surface area contributed by atoms with E-state index in [1.807, 2.05) is 31.9 Å². The molecule has 1 heterocycles. The second-order valence-corrected chi connectivity index (χ2v) is 7.23. The summed E-state index contributed by atoms with van der Waals surface area (Å²) in [6, 6.07) is 6.48. The van der Waals surface area contributed by atoms with Crippen LogP contribution in [0.25, 0.3) is 0 Å². The first-order valence-corrected chi connectivity index (χ1v) is 9.91. The number of para-hydroxylation sites is 1. The van der Waals surface area contributed by atoms with Crippen LogP contribution in [0.2, 0.25) is 0 Å². The molecule has 0 aliphatic carbocycles. The Labute approximate surface area is 172 Å². The molecule has 0 saturated carbocycles. The number of phenols is 1. The van der Waals surface area contributed by atoms with Crippen molar-refractivity contribution in [3.63, 3.8) is 0 Å². The zero-order valence-corrected chi connectivity index (χ0v) is 17.9. The molecule has 8 nitrogen and oxygen atoms in total. The largest absolute Gasteiger partial charge is 0.507 e. The standard InChI is InChI=1S/C21H32N6O2/c1-6-22-21(26(4)13-16-14-27(5)25-19(16)15(2)3)24-12-11-23-20(29)17-9-7-8-10-18(17)28/h7-10,14-15,28H,6,11-13H2,1-5H3,(H,22,24)(H,23,29). The van der Waals surface area contributed by atoms with Gasteiger partial charge in [-0.25, -0.2) is 0 Å². The smallest absolute Gasteiger partial charge is 0.255 e. The Morgan fingerprint density at radius 3 is 2.69 bits per heavy atom. The lowest BCUT2D eigenvalue weighted by Crippen LogP contribution is -2.39. The Hall–Kier alpha value is -3.03. The van der Waals surface area contributed by atoms with Crippen LogP contribution in [0.1, 0.15) is 48.3 Å². The summed E-state index contributed by atoms with van der Waals surface area (Å²) in [5, 5.41) is 20.4. The number of benzene rings is 1. The third-order valence-electron chi connectivity index (χ3n) is 4.40. The molecule has 0 saturated heterocycles. The molecule has 29 heavy (non-hydrogen) atoms. The van der Waals surface area contributed by atoms with Gasteiger partial charge in [0.2, 0.25) is 0 Å². The first kappa shape index (κ1) is 22.3. The SMILES string of the molecule is CCNC(=NCCNC(=O)c1ccccc1O)N(C)Cc1cn(C)nc1C(C)C. The van der Waals surface area contributed by atoms with Gasteiger partial charge in [0.15, 0.2) is 5.96 Å². The van der Waals surface area contributed by atoms with E-state index in [1.165, 1.54) is 11.6 Å². The predicted molar refractivity (Wildman–Crippen MR) is 115 cm³/mol. The van der Waals surface area contributed by atoms with Crippen molar-refractivity contribution < 1.29 is 9.90 Å². The number of aromatic nitrogens is 2. The van der Waals surface area contributed by atoms with Crippen LogP contribution in [0, 0.1) is 0 Å². The molecule has 0 aliphatic heterocycles. The van der Waals surface area contributed by atoms with E-state index in [0.717, 1.165) is 18.2 Å². The summed E-state index contributed by atoms with van der Waals surface area (Å²) in [6.45, 7) is 8.54. The van der Waals surface area contributed by atoms with Crippen LogP contribution in [0.3, 0.4) is 0 Å². The van der Waals surface area contributed by atoms with E-state index in [0.29, 0.717) is 25.6 Å². The van der Waals surface area contributed by atoms with Gasteiger partial charge >= 0.3 is 0 Å². The lowest BCUT2D eigenvalue weighted by Gasteiger charge is -2.22. The molecule has 1 amide bonds. The van der Waals surface area contributed by atoms with Crippen LogP contribution in [0.5, 0.6) is 5.75 Å². The van der Waals surface area contributed by atoms with Crippen LogP contribution >= 0.6 is 0 Å². The van der Waals surface area contributed by atoms with Crippen molar-refractivity contribution in [2.45, 2.75) is 33.2 Å². The lowest BCUT2D eigenvalue weighted by molar-refractivity contribution is 0.0952. The molecule has 2 aromatic rings. The quantitative estimate of drug-likeness (QED) is 0.358. The summed E-state index contributed by atoms with van der Waals surface area (Å²) >= 11 is 0. The lowest BCUT2D eigenvalue weighted by atomic mass is 10.1. The number of nitrogens with one attached hydrogen (secondary N) is 2. The van der Waals surface area contributed by atoms with Gasteiger partial charge < -0.3 is 20.6 Å². The number of amides is 1. The third-order valence-corrected chi connectivity index (χ3v) is 4.40. The van der Waals surface area contributed by atoms with Crippen molar-refractivity contribution in [3.05, 3.63) is 47.3 Å². The van der Waals surface area contributed by atoms with Gasteiger partial charge in [-0.2, -0.15) is 5.10 Å². The van der Waals surface area contributed by atoms with Crippen molar-refractivity contribution in [1.29, 1.82) is 0 Å². The number of carbonyl (C=O) groups is 1. The number of phenolic OH excluding ortho intramolecular Hbond substituents is 1. The fraction of sp³-hybridized carbons (Fsp3) is 0.476. The normalized spacial score (nSPS) is 11.6. The van der Waals surface area contributed by atoms with Crippen LogP contribution in [-0.2, 0) is 13.6 Å². The molecule has 0 radical (unpaired) electrons. The Kier molecular flexibility index (Phi) is 8.06. The van der Waals surface area contributed by atoms with Crippen LogP contribution in [0.4, 0.5) is 0 Å². The van der Waals surface area contributed by atoms with Crippen molar-refractivity contribution in [2.75, 3.05) is 26.7 Å². The maximum atomic E-state index is 12.2. The molecule has 0 atom stereocenters. The van der Waals surface area contributed by atoms with Gasteiger partial charge in [0.1, 0.15) is 5.75 Å². The maximum absolute atomic E-state index is 12.2. The van der Waals surface area contributed by atoms with E-state index in [1.54, 1.807) is 18.2 Å². The zero-order valence-electron chi connectivity index (χ0n) is 17.9. The van der Waals surface area contributed by atoms with Crippen LogP contribution in [-0.4, -0.2) is 58.3 Å². The number of nitrogens with zero attached hydrogens (tertiary/aromatic N) is 4. The van der Waals surface area contributed by atoms with Gasteiger partial charge in [-0.3, -0.25) is 14.5 Å². The molecule has 1 aromatic heterocycles. The molecule has 158 valence electrons. The van der Waals surface area contributed by atoms with Gasteiger partial charge in [0.05, 0.1) is 17.8 Å². The average molecular weight is 401 g/mol. The highest BCUT2D eigenvalue weighted by molar-refractivity contribution is 5.96. The average Bonchev–Trinajstić information content (AvgIpc) is 3.04. The number of aliphatic imine (C=N–C) groups is 1. The van der Waals surface area contributed by atoms with Gasteiger partial charge in [-0.05, 0) is 25.0 Å². The molecule has 8 heteroatoms. The van der Waals surface area contributed by atoms with Crippen molar-refractivity contribution >= 4 is 11.9 Å². The third kappa shape index (κ3) is 6.23. The number of rotatable bonds is 8. The number of aromatic hydroxyl groups is 1. The Morgan fingerprint density at radius 1 is 1.31 bits per heavy atom. The second-order valence-electron chi connectivity index (χ2n) is 7.23. The zero-order chi connectivity index (χ0) is 21.4. The monoisotopic (exact) mass is 400 g/mol. The summed E-state index contributed by atoms with van der Waals surface area (Å²) in [5.74, 6) is 0.777. The number of hydrogen-bond donors (Lipinski definition) is 3. The molecule has 0 aliphatic rings. The van der Waals surface area contributed by atoms with E-state index in [4.69, 9.17) is 0 Å². The number of aryl methyl sites for hydroxylation is 1. The first-order chi connectivity index (χ1) is 13.8. The molecule has 3 N–H and O–H groups in total. The molecule has 0 spiro atoms. The molecular formula is C21H32N6O2. The van der Waals surface area contributed by atoms with E-state index in [-0.39, 0.29) is 17.2 Å². The molecule has 2 rings (SSSR count). The minimum atomic E-state index is -0.311. The fourth-order valence-corrected chi connectivity index (χ4v) is 3.05. The Balaban J connectivity index is 1.97. The highest BCUT2D eigenvalue weighted by atomic mass is 16.3. The highest BCUT2D eigenvalue weighted by Gasteiger charge is 2.15. The molecule has 1 aromatic carbocycles. The number of hydrogen-bond acceptors (Lipinski definition) is 4. The summed E-state index contributed by atoms with van der Waals surface area (Å²) in [7, 11) is 3.92. The van der Waals surface area contributed by atoms with Crippen molar-refractivity contribution in [1.82, 2.24) is 25.3 Å². The maximum Gasteiger partial charge on any atom is 0.255 e.